The summed E-state index contributed by atoms with van der Waals surface area (Å²) in [6, 6.07) is 17.8. The van der Waals surface area contributed by atoms with Crippen LogP contribution in [-0.4, -0.2) is 50.4 Å². The molecule has 0 saturated heterocycles. The minimum absolute atomic E-state index is 0.0100. The molecule has 3 aromatic rings. The van der Waals surface area contributed by atoms with Gasteiger partial charge in [0.2, 0.25) is 11.8 Å². The zero-order valence-corrected chi connectivity index (χ0v) is 25.8. The first-order chi connectivity index (χ1) is 20.6. The van der Waals surface area contributed by atoms with E-state index >= 15 is 0 Å². The van der Waals surface area contributed by atoms with Gasteiger partial charge < -0.3 is 15.0 Å². The van der Waals surface area contributed by atoms with E-state index in [4.69, 9.17) is 4.74 Å². The van der Waals surface area contributed by atoms with E-state index in [0.717, 1.165) is 42.0 Å². The van der Waals surface area contributed by atoms with Crippen molar-refractivity contribution < 1.29 is 27.1 Å². The summed E-state index contributed by atoms with van der Waals surface area (Å²) in [6.45, 7) is 4.98. The van der Waals surface area contributed by atoms with Crippen LogP contribution in [0.25, 0.3) is 0 Å². The molecule has 0 spiro atoms. The summed E-state index contributed by atoms with van der Waals surface area (Å²) in [7, 11) is -4.23. The number of rotatable bonds is 12. The predicted molar refractivity (Wildman–Crippen MR) is 165 cm³/mol. The summed E-state index contributed by atoms with van der Waals surface area (Å²) >= 11 is 0. The van der Waals surface area contributed by atoms with Gasteiger partial charge in [-0.1, -0.05) is 61.2 Å². The summed E-state index contributed by atoms with van der Waals surface area (Å²) in [5, 5.41) is 3.08. The van der Waals surface area contributed by atoms with Crippen molar-refractivity contribution in [2.24, 2.45) is 0 Å². The first-order valence-electron chi connectivity index (χ1n) is 14.8. The number of nitrogens with one attached hydrogen (secondary N) is 1. The Balaban J connectivity index is 1.71. The van der Waals surface area contributed by atoms with Crippen molar-refractivity contribution in [1.82, 2.24) is 10.2 Å². The van der Waals surface area contributed by atoms with Crippen LogP contribution in [0, 0.1) is 12.7 Å². The van der Waals surface area contributed by atoms with Gasteiger partial charge in [0.1, 0.15) is 24.2 Å². The zero-order chi connectivity index (χ0) is 31.0. The number of ether oxygens (including phenoxy) is 1. The number of benzene rings is 3. The number of anilines is 1. The summed E-state index contributed by atoms with van der Waals surface area (Å²) in [5.41, 5.74) is 1.70. The number of amides is 2. The Bertz CT molecular complexity index is 1490. The van der Waals surface area contributed by atoms with Crippen LogP contribution < -0.4 is 14.4 Å². The molecule has 1 N–H and O–H groups in total. The average Bonchev–Trinajstić information content (AvgIpc) is 3.00. The Morgan fingerprint density at radius 3 is 2.28 bits per heavy atom. The second-order valence-corrected chi connectivity index (χ2v) is 12.8. The normalized spacial score (nSPS) is 14.5. The van der Waals surface area contributed by atoms with Crippen LogP contribution in [0.1, 0.15) is 57.1 Å². The lowest BCUT2D eigenvalue weighted by atomic mass is 9.95. The van der Waals surface area contributed by atoms with Crippen LogP contribution >= 0.6 is 0 Å². The average molecular weight is 610 g/mol. The maximum atomic E-state index is 14.2. The van der Waals surface area contributed by atoms with Gasteiger partial charge in [0, 0.05) is 12.6 Å². The standard InChI is InChI=1S/C33H40FN3O5S/c1-4-42-31-13-9-8-12-30(31)37(43(40,41)29-20-14-24(2)15-21-29)23-32(38)36(22-26-16-18-27(34)19-17-26)25(3)33(39)35-28-10-6-5-7-11-28/h8-9,12-21,25,28H,4-7,10-11,22-23H2,1-3H3,(H,35,39). The quantitative estimate of drug-likeness (QED) is 0.289. The Hall–Kier alpha value is -3.92. The van der Waals surface area contributed by atoms with Gasteiger partial charge in [-0.15, -0.1) is 0 Å². The molecule has 1 unspecified atom stereocenters. The number of hydrogen-bond donors (Lipinski definition) is 1. The molecule has 0 aliphatic heterocycles. The number of halogens is 1. The number of carbonyl (C=O) groups excluding carboxylic acids is 2. The van der Waals surface area contributed by atoms with Gasteiger partial charge in [0.25, 0.3) is 10.0 Å². The Labute approximate surface area is 253 Å². The van der Waals surface area contributed by atoms with Gasteiger partial charge in [-0.3, -0.25) is 13.9 Å². The fraction of sp³-hybridized carbons (Fsp3) is 0.394. The second-order valence-electron chi connectivity index (χ2n) is 10.9. The predicted octanol–water partition coefficient (Wildman–Crippen LogP) is 5.59. The lowest BCUT2D eigenvalue weighted by Crippen LogP contribution is -2.53. The van der Waals surface area contributed by atoms with Crippen molar-refractivity contribution in [2.75, 3.05) is 17.5 Å². The van der Waals surface area contributed by atoms with Crippen LogP contribution in [0.3, 0.4) is 0 Å². The van der Waals surface area contributed by atoms with E-state index in [2.05, 4.69) is 5.32 Å². The lowest BCUT2D eigenvalue weighted by molar-refractivity contribution is -0.139. The molecule has 8 nitrogen and oxygen atoms in total. The molecule has 4 rings (SSSR count). The van der Waals surface area contributed by atoms with Crippen LogP contribution in [0.5, 0.6) is 5.75 Å². The topological polar surface area (TPSA) is 96.0 Å². The molecule has 1 saturated carbocycles. The highest BCUT2D eigenvalue weighted by Crippen LogP contribution is 2.33. The van der Waals surface area contributed by atoms with E-state index in [1.54, 1.807) is 62.4 Å². The molecule has 0 aromatic heterocycles. The third-order valence-electron chi connectivity index (χ3n) is 7.71. The zero-order valence-electron chi connectivity index (χ0n) is 25.0. The third kappa shape index (κ3) is 8.13. The number of hydrogen-bond acceptors (Lipinski definition) is 5. The van der Waals surface area contributed by atoms with Crippen LogP contribution in [-0.2, 0) is 26.2 Å². The highest BCUT2D eigenvalue weighted by Gasteiger charge is 2.34. The summed E-state index contributed by atoms with van der Waals surface area (Å²) in [5.74, 6) is -1.02. The molecule has 0 bridgehead atoms. The molecule has 43 heavy (non-hydrogen) atoms. The van der Waals surface area contributed by atoms with Gasteiger partial charge in [-0.2, -0.15) is 0 Å². The van der Waals surface area contributed by atoms with Crippen molar-refractivity contribution >= 4 is 27.5 Å². The highest BCUT2D eigenvalue weighted by atomic mass is 32.2. The monoisotopic (exact) mass is 609 g/mol. The number of nitrogens with zero attached hydrogens (tertiary/aromatic N) is 2. The SMILES string of the molecule is CCOc1ccccc1N(CC(=O)N(Cc1ccc(F)cc1)C(C)C(=O)NC1CCCCC1)S(=O)(=O)c1ccc(C)cc1. The van der Waals surface area contributed by atoms with Crippen LogP contribution in [0.15, 0.2) is 77.7 Å². The van der Waals surface area contributed by atoms with Crippen molar-refractivity contribution in [3.05, 3.63) is 89.7 Å². The molecular weight excluding hydrogens is 569 g/mol. The molecular formula is C33H40FN3O5S. The molecule has 0 heterocycles. The van der Waals surface area contributed by atoms with E-state index in [0.29, 0.717) is 17.9 Å². The van der Waals surface area contributed by atoms with Gasteiger partial charge >= 0.3 is 0 Å². The minimum atomic E-state index is -4.23. The first-order valence-corrected chi connectivity index (χ1v) is 16.2. The van der Waals surface area contributed by atoms with E-state index in [1.807, 2.05) is 6.92 Å². The number of sulfonamides is 1. The molecule has 3 aromatic carbocycles. The third-order valence-corrected chi connectivity index (χ3v) is 9.48. The molecule has 1 atom stereocenters. The smallest absolute Gasteiger partial charge is 0.264 e. The van der Waals surface area contributed by atoms with Gasteiger partial charge in [-0.05, 0) is 75.6 Å². The van der Waals surface area contributed by atoms with E-state index < -0.39 is 34.3 Å². The Morgan fingerprint density at radius 2 is 1.63 bits per heavy atom. The lowest BCUT2D eigenvalue weighted by Gasteiger charge is -2.33. The number of para-hydroxylation sites is 2. The number of carbonyl (C=O) groups is 2. The second kappa shape index (κ2) is 14.5. The fourth-order valence-corrected chi connectivity index (χ4v) is 6.65. The Kier molecular flexibility index (Phi) is 10.8. The molecule has 10 heteroatoms. The van der Waals surface area contributed by atoms with E-state index in [9.17, 15) is 22.4 Å². The Morgan fingerprint density at radius 1 is 0.977 bits per heavy atom. The minimum Gasteiger partial charge on any atom is -0.492 e. The molecule has 1 aliphatic rings. The van der Waals surface area contributed by atoms with Crippen LogP contribution in [0.4, 0.5) is 10.1 Å². The summed E-state index contributed by atoms with van der Waals surface area (Å²) < 4.78 is 48.7. The molecule has 0 radical (unpaired) electrons. The van der Waals surface area contributed by atoms with Crippen LogP contribution in [0.2, 0.25) is 0 Å². The van der Waals surface area contributed by atoms with Gasteiger partial charge in [0.15, 0.2) is 0 Å². The summed E-state index contributed by atoms with van der Waals surface area (Å²) in [4.78, 5) is 29.0. The highest BCUT2D eigenvalue weighted by molar-refractivity contribution is 7.92. The van der Waals surface area contributed by atoms with Crippen molar-refractivity contribution in [3.8, 4) is 5.75 Å². The molecule has 230 valence electrons. The first kappa shape index (κ1) is 32.0. The molecule has 1 fully saturated rings. The number of aryl methyl sites for hydroxylation is 1. The van der Waals surface area contributed by atoms with Gasteiger partial charge in [-0.25, -0.2) is 12.8 Å². The molecule has 2 amide bonds. The van der Waals surface area contributed by atoms with Crippen molar-refractivity contribution in [1.29, 1.82) is 0 Å². The van der Waals surface area contributed by atoms with Gasteiger partial charge in [0.05, 0.1) is 17.2 Å². The maximum Gasteiger partial charge on any atom is 0.264 e. The van der Waals surface area contributed by atoms with E-state index in [1.165, 1.54) is 29.2 Å². The van der Waals surface area contributed by atoms with E-state index in [-0.39, 0.29) is 29.1 Å². The largest absolute Gasteiger partial charge is 0.492 e. The summed E-state index contributed by atoms with van der Waals surface area (Å²) in [6.07, 6.45) is 4.94. The van der Waals surface area contributed by atoms with Crippen molar-refractivity contribution in [2.45, 2.75) is 76.4 Å². The molecule has 1 aliphatic carbocycles. The fourth-order valence-electron chi connectivity index (χ4n) is 5.23. The van der Waals surface area contributed by atoms with Crippen molar-refractivity contribution in [3.63, 3.8) is 0 Å². The maximum absolute atomic E-state index is 14.2.